The molecule has 2 fully saturated rings. The Morgan fingerprint density at radius 1 is 0.442 bits per heavy atom. The van der Waals surface area contributed by atoms with Gasteiger partial charge in [-0.3, -0.25) is 29.7 Å². The van der Waals surface area contributed by atoms with Gasteiger partial charge >= 0.3 is 0 Å². The Morgan fingerprint density at radius 3 is 1.15 bits per heavy atom. The Labute approximate surface area is 310 Å². The fourth-order valence-corrected chi connectivity index (χ4v) is 8.30. The van der Waals surface area contributed by atoms with Crippen molar-refractivity contribution < 1.29 is 0 Å². The van der Waals surface area contributed by atoms with Crippen LogP contribution < -0.4 is 10.6 Å². The van der Waals surface area contributed by atoms with Crippen LogP contribution in [0.5, 0.6) is 0 Å². The van der Waals surface area contributed by atoms with Gasteiger partial charge in [0.25, 0.3) is 0 Å². The predicted octanol–water partition coefficient (Wildman–Crippen LogP) is 7.47. The van der Waals surface area contributed by atoms with Crippen molar-refractivity contribution in [3.05, 3.63) is 156 Å². The Morgan fingerprint density at radius 2 is 0.808 bits per heavy atom. The first-order chi connectivity index (χ1) is 25.8. The second kappa shape index (κ2) is 18.9. The third-order valence-electron chi connectivity index (χ3n) is 10.9. The zero-order chi connectivity index (χ0) is 35.2. The molecule has 270 valence electrons. The minimum Gasteiger partial charge on any atom is -0.308 e. The summed E-state index contributed by atoms with van der Waals surface area (Å²) in [7, 11) is 0. The molecule has 8 heteroatoms. The lowest BCUT2D eigenvalue weighted by Crippen LogP contribution is -2.51. The van der Waals surface area contributed by atoms with Gasteiger partial charge in [0.1, 0.15) is 0 Å². The van der Waals surface area contributed by atoms with Crippen molar-refractivity contribution in [1.82, 2.24) is 40.4 Å². The van der Waals surface area contributed by atoms with Crippen LogP contribution in [0, 0.1) is 0 Å². The third kappa shape index (κ3) is 10.4. The summed E-state index contributed by atoms with van der Waals surface area (Å²) in [4.78, 5) is 24.0. The Hall–Kier alpha value is -4.34. The van der Waals surface area contributed by atoms with Crippen LogP contribution in [-0.2, 0) is 39.3 Å². The van der Waals surface area contributed by atoms with Crippen LogP contribution in [-0.4, -0.2) is 53.9 Å². The highest BCUT2D eigenvalue weighted by Gasteiger charge is 2.32. The average Bonchev–Trinajstić information content (AvgIpc) is 3.21. The normalized spacial score (nSPS) is 20.7. The smallest absolute Gasteiger partial charge is 0.0544 e. The first-order valence-corrected chi connectivity index (χ1v) is 19.4. The second-order valence-electron chi connectivity index (χ2n) is 14.6. The molecule has 2 N–H and O–H groups in total. The molecule has 52 heavy (non-hydrogen) atoms. The van der Waals surface area contributed by atoms with Crippen molar-refractivity contribution in [1.29, 1.82) is 0 Å². The molecule has 1 aromatic carbocycles. The van der Waals surface area contributed by atoms with E-state index in [1.807, 2.05) is 49.1 Å². The summed E-state index contributed by atoms with van der Waals surface area (Å²) in [6, 6.07) is 35.8. The van der Waals surface area contributed by atoms with Gasteiger partial charge in [-0.2, -0.15) is 0 Å². The SMILES string of the molecule is c1ccc(CN(Cc2ccccn2)[C@@H]2CCCC[C@H]2NCc2cccc(CN[C@@H]3CCCC[C@H]3N(Cc3ccccn3)Cc3ccccn3)c2)nc1. The zero-order valence-corrected chi connectivity index (χ0v) is 30.4. The molecule has 2 saturated carbocycles. The van der Waals surface area contributed by atoms with E-state index in [0.717, 1.165) is 62.0 Å². The summed E-state index contributed by atoms with van der Waals surface area (Å²) in [6.07, 6.45) is 17.4. The van der Waals surface area contributed by atoms with Gasteiger partial charge in [-0.25, -0.2) is 0 Å². The first-order valence-electron chi connectivity index (χ1n) is 19.4. The third-order valence-corrected chi connectivity index (χ3v) is 10.9. The van der Waals surface area contributed by atoms with Crippen molar-refractivity contribution in [2.45, 2.75) is 115 Å². The largest absolute Gasteiger partial charge is 0.308 e. The van der Waals surface area contributed by atoms with Gasteiger partial charge in [-0.15, -0.1) is 0 Å². The lowest BCUT2D eigenvalue weighted by molar-refractivity contribution is 0.103. The quantitative estimate of drug-likeness (QED) is 0.110. The van der Waals surface area contributed by atoms with Crippen molar-refractivity contribution in [2.24, 2.45) is 0 Å². The molecular formula is C44H54N8. The van der Waals surface area contributed by atoms with Crippen molar-refractivity contribution in [3.8, 4) is 0 Å². The lowest BCUT2D eigenvalue weighted by Gasteiger charge is -2.40. The van der Waals surface area contributed by atoms with E-state index >= 15 is 0 Å². The summed E-state index contributed by atoms with van der Waals surface area (Å²) in [5, 5.41) is 8.04. The van der Waals surface area contributed by atoms with E-state index in [9.17, 15) is 0 Å². The molecule has 0 unspecified atom stereocenters. The van der Waals surface area contributed by atoms with Crippen LogP contribution in [0.2, 0.25) is 0 Å². The van der Waals surface area contributed by atoms with E-state index in [4.69, 9.17) is 0 Å². The number of nitrogens with zero attached hydrogens (tertiary/aromatic N) is 6. The fourth-order valence-electron chi connectivity index (χ4n) is 8.30. The molecule has 4 heterocycles. The maximum absolute atomic E-state index is 4.69. The highest BCUT2D eigenvalue weighted by Crippen LogP contribution is 2.28. The van der Waals surface area contributed by atoms with Crippen LogP contribution in [0.15, 0.2) is 122 Å². The molecule has 8 nitrogen and oxygen atoms in total. The average molecular weight is 695 g/mol. The van der Waals surface area contributed by atoms with Crippen LogP contribution in [0.25, 0.3) is 0 Å². The number of nitrogens with one attached hydrogen (secondary N) is 2. The molecule has 0 spiro atoms. The Bertz CT molecular complexity index is 1530. The van der Waals surface area contributed by atoms with Gasteiger partial charge in [-0.1, -0.05) is 74.2 Å². The summed E-state index contributed by atoms with van der Waals surface area (Å²) < 4.78 is 0. The standard InChI is InChI=1S/C44H54N8/c1-3-22-43(51(31-37-16-5-9-24-45-37)32-38-17-6-10-25-46-38)41(20-1)49-29-35-14-13-15-36(28-35)30-50-42-21-2-4-23-44(42)52(33-39-18-7-11-26-47-39)34-40-19-8-12-27-48-40/h5-19,24-28,41-44,49-50H,1-4,20-23,29-34H2/t41-,42-,43-,44-/m1/s1. The molecule has 0 bridgehead atoms. The monoisotopic (exact) mass is 694 g/mol. The van der Waals surface area contributed by atoms with Crippen LogP contribution >= 0.6 is 0 Å². The molecule has 2 aliphatic carbocycles. The second-order valence-corrected chi connectivity index (χ2v) is 14.6. The highest BCUT2D eigenvalue weighted by molar-refractivity contribution is 5.24. The fraction of sp³-hybridized carbons (Fsp3) is 0.409. The maximum atomic E-state index is 4.69. The molecule has 2 aliphatic rings. The number of hydrogen-bond donors (Lipinski definition) is 2. The highest BCUT2D eigenvalue weighted by atomic mass is 15.2. The minimum atomic E-state index is 0.412. The van der Waals surface area contributed by atoms with Gasteiger partial charge in [0.15, 0.2) is 0 Å². The lowest BCUT2D eigenvalue weighted by atomic mass is 9.88. The molecule has 7 rings (SSSR count). The number of pyridine rings is 4. The molecule has 5 aromatic rings. The van der Waals surface area contributed by atoms with E-state index in [-0.39, 0.29) is 0 Å². The van der Waals surface area contributed by atoms with Crippen LogP contribution in [0.3, 0.4) is 0 Å². The molecule has 4 atom stereocenters. The first kappa shape index (κ1) is 36.0. The number of rotatable bonds is 16. The molecule has 4 aromatic heterocycles. The van der Waals surface area contributed by atoms with Gasteiger partial charge in [0.2, 0.25) is 0 Å². The van der Waals surface area contributed by atoms with Gasteiger partial charge in [-0.05, 0) is 85.3 Å². The number of benzene rings is 1. The van der Waals surface area contributed by atoms with E-state index in [0.29, 0.717) is 24.2 Å². The van der Waals surface area contributed by atoms with Gasteiger partial charge < -0.3 is 10.6 Å². The van der Waals surface area contributed by atoms with E-state index in [2.05, 4.69) is 113 Å². The zero-order valence-electron chi connectivity index (χ0n) is 30.4. The van der Waals surface area contributed by atoms with Crippen LogP contribution in [0.4, 0.5) is 0 Å². The molecule has 0 aliphatic heterocycles. The minimum absolute atomic E-state index is 0.412. The van der Waals surface area contributed by atoms with Crippen molar-refractivity contribution in [3.63, 3.8) is 0 Å². The Kier molecular flexibility index (Phi) is 13.1. The maximum Gasteiger partial charge on any atom is 0.0544 e. The van der Waals surface area contributed by atoms with Gasteiger partial charge in [0.05, 0.1) is 22.8 Å². The van der Waals surface area contributed by atoms with Gasteiger partial charge in [0, 0.05) is 88.2 Å². The molecule has 0 radical (unpaired) electrons. The topological polar surface area (TPSA) is 82.1 Å². The van der Waals surface area contributed by atoms with Crippen LogP contribution in [0.1, 0.15) is 85.3 Å². The summed E-state index contributed by atoms with van der Waals surface area (Å²) in [6.45, 7) is 5.03. The summed E-state index contributed by atoms with van der Waals surface area (Å²) in [5.74, 6) is 0. The van der Waals surface area contributed by atoms with E-state index in [1.165, 1.54) is 62.5 Å². The van der Waals surface area contributed by atoms with E-state index in [1.54, 1.807) is 0 Å². The summed E-state index contributed by atoms with van der Waals surface area (Å²) in [5.41, 5.74) is 7.13. The molecule has 0 amide bonds. The van der Waals surface area contributed by atoms with Crippen molar-refractivity contribution >= 4 is 0 Å². The number of hydrogen-bond acceptors (Lipinski definition) is 8. The predicted molar refractivity (Wildman–Crippen MR) is 208 cm³/mol. The van der Waals surface area contributed by atoms with Crippen molar-refractivity contribution in [2.75, 3.05) is 0 Å². The summed E-state index contributed by atoms with van der Waals surface area (Å²) >= 11 is 0. The Balaban J connectivity index is 0.998. The molecular weight excluding hydrogens is 641 g/mol. The molecule has 0 saturated heterocycles. The van der Waals surface area contributed by atoms with E-state index < -0.39 is 0 Å². The number of aromatic nitrogens is 4.